The number of anilines is 1. The largest absolute Gasteiger partial charge is 0.321 e. The summed E-state index contributed by atoms with van der Waals surface area (Å²) in [6, 6.07) is 21.6. The third-order valence-electron chi connectivity index (χ3n) is 4.07. The van der Waals surface area contributed by atoms with Crippen molar-refractivity contribution in [3.63, 3.8) is 0 Å². The number of hydrogen-bond acceptors (Lipinski definition) is 3. The van der Waals surface area contributed by atoms with Gasteiger partial charge in [0, 0.05) is 6.08 Å². The van der Waals surface area contributed by atoms with Crippen molar-refractivity contribution in [3.05, 3.63) is 91.0 Å². The molecule has 26 heavy (non-hydrogen) atoms. The lowest BCUT2D eigenvalue weighted by atomic mass is 10.0. The Labute approximate surface area is 150 Å². The normalized spacial score (nSPS) is 11.1. The Kier molecular flexibility index (Phi) is 4.26. The summed E-state index contributed by atoms with van der Waals surface area (Å²) in [5, 5.41) is 9.28. The van der Waals surface area contributed by atoms with E-state index in [0.717, 1.165) is 22.0 Å². The van der Waals surface area contributed by atoms with E-state index in [2.05, 4.69) is 27.5 Å². The van der Waals surface area contributed by atoms with Crippen LogP contribution in [-0.2, 0) is 4.79 Å². The molecule has 4 aromatic rings. The average Bonchev–Trinajstić information content (AvgIpc) is 3.21. The van der Waals surface area contributed by atoms with E-state index in [1.165, 1.54) is 6.33 Å². The predicted octanol–water partition coefficient (Wildman–Crippen LogP) is 4.07. The van der Waals surface area contributed by atoms with Gasteiger partial charge in [0.05, 0.1) is 11.4 Å². The van der Waals surface area contributed by atoms with Gasteiger partial charge in [-0.25, -0.2) is 9.67 Å². The summed E-state index contributed by atoms with van der Waals surface area (Å²) in [6.07, 6.45) is 6.42. The molecule has 5 heteroatoms. The topological polar surface area (TPSA) is 59.8 Å². The Morgan fingerprint density at radius 1 is 0.962 bits per heavy atom. The molecule has 3 aromatic carbocycles. The molecule has 0 atom stereocenters. The number of nitrogens with zero attached hydrogens (tertiary/aromatic N) is 3. The maximum Gasteiger partial charge on any atom is 0.248 e. The third kappa shape index (κ3) is 3.23. The second kappa shape index (κ2) is 7.03. The maximum absolute atomic E-state index is 12.4. The summed E-state index contributed by atoms with van der Waals surface area (Å²) >= 11 is 0. The molecule has 1 aromatic heterocycles. The molecule has 0 unspecified atom stereocenters. The predicted molar refractivity (Wildman–Crippen MR) is 103 cm³/mol. The molecule has 4 rings (SSSR count). The molecule has 0 aliphatic carbocycles. The van der Waals surface area contributed by atoms with Gasteiger partial charge in [-0.05, 0) is 34.5 Å². The summed E-state index contributed by atoms with van der Waals surface area (Å²) in [5.74, 6) is -0.203. The summed E-state index contributed by atoms with van der Waals surface area (Å²) in [6.45, 7) is 0. The summed E-state index contributed by atoms with van der Waals surface area (Å²) in [5.41, 5.74) is 2.44. The molecule has 0 radical (unpaired) electrons. The number of rotatable bonds is 4. The SMILES string of the molecule is O=C(/C=C/c1cccc2ccccc12)Nc1ccccc1-n1cncn1. The number of carbonyl (C=O) groups excluding carboxylic acids is 1. The van der Waals surface area contributed by atoms with Crippen LogP contribution in [0.15, 0.2) is 85.5 Å². The fourth-order valence-corrected chi connectivity index (χ4v) is 2.85. The Morgan fingerprint density at radius 2 is 1.77 bits per heavy atom. The Balaban J connectivity index is 1.57. The van der Waals surface area contributed by atoms with Gasteiger partial charge >= 0.3 is 0 Å². The molecule has 0 fully saturated rings. The van der Waals surface area contributed by atoms with Crippen molar-refractivity contribution in [2.24, 2.45) is 0 Å². The lowest BCUT2D eigenvalue weighted by Crippen LogP contribution is -2.10. The second-order valence-electron chi connectivity index (χ2n) is 5.75. The maximum atomic E-state index is 12.4. The first-order valence-corrected chi connectivity index (χ1v) is 8.22. The zero-order valence-corrected chi connectivity index (χ0v) is 13.9. The van der Waals surface area contributed by atoms with Crippen LogP contribution in [0.2, 0.25) is 0 Å². The fourth-order valence-electron chi connectivity index (χ4n) is 2.85. The van der Waals surface area contributed by atoms with E-state index in [1.54, 1.807) is 17.1 Å². The molecule has 0 saturated heterocycles. The molecule has 0 aliphatic rings. The van der Waals surface area contributed by atoms with Crippen LogP contribution in [0, 0.1) is 0 Å². The van der Waals surface area contributed by atoms with E-state index in [0.29, 0.717) is 5.69 Å². The molecule has 1 N–H and O–H groups in total. The average molecular weight is 340 g/mol. The van der Waals surface area contributed by atoms with Crippen molar-refractivity contribution in [3.8, 4) is 5.69 Å². The van der Waals surface area contributed by atoms with Crippen LogP contribution in [0.3, 0.4) is 0 Å². The van der Waals surface area contributed by atoms with E-state index in [-0.39, 0.29) is 5.91 Å². The number of nitrogens with one attached hydrogen (secondary N) is 1. The quantitative estimate of drug-likeness (QED) is 0.570. The van der Waals surface area contributed by atoms with E-state index in [1.807, 2.05) is 60.7 Å². The molecule has 0 bridgehead atoms. The molecule has 0 aliphatic heterocycles. The van der Waals surface area contributed by atoms with Gasteiger partial charge in [-0.2, -0.15) is 5.10 Å². The second-order valence-corrected chi connectivity index (χ2v) is 5.75. The van der Waals surface area contributed by atoms with E-state index >= 15 is 0 Å². The van der Waals surface area contributed by atoms with Gasteiger partial charge in [0.2, 0.25) is 5.91 Å². The van der Waals surface area contributed by atoms with Crippen molar-refractivity contribution in [2.45, 2.75) is 0 Å². The molecule has 126 valence electrons. The van der Waals surface area contributed by atoms with Crippen molar-refractivity contribution >= 4 is 28.4 Å². The Bertz CT molecular complexity index is 1080. The minimum Gasteiger partial charge on any atom is -0.321 e. The van der Waals surface area contributed by atoms with E-state index < -0.39 is 0 Å². The number of fused-ring (bicyclic) bond motifs is 1. The van der Waals surface area contributed by atoms with E-state index in [4.69, 9.17) is 0 Å². The third-order valence-corrected chi connectivity index (χ3v) is 4.07. The van der Waals surface area contributed by atoms with Gasteiger partial charge in [-0.15, -0.1) is 0 Å². The van der Waals surface area contributed by atoms with Crippen LogP contribution in [-0.4, -0.2) is 20.7 Å². The smallest absolute Gasteiger partial charge is 0.248 e. The molecular weight excluding hydrogens is 324 g/mol. The molecule has 0 saturated carbocycles. The van der Waals surface area contributed by atoms with Crippen molar-refractivity contribution in [1.82, 2.24) is 14.8 Å². The number of hydrogen-bond donors (Lipinski definition) is 1. The van der Waals surface area contributed by atoms with Crippen molar-refractivity contribution in [1.29, 1.82) is 0 Å². The van der Waals surface area contributed by atoms with Gasteiger partial charge in [0.15, 0.2) is 0 Å². The molecule has 5 nitrogen and oxygen atoms in total. The molecule has 1 amide bonds. The van der Waals surface area contributed by atoms with Gasteiger partial charge in [0.1, 0.15) is 12.7 Å². The summed E-state index contributed by atoms with van der Waals surface area (Å²) < 4.78 is 1.62. The number of benzene rings is 3. The van der Waals surface area contributed by atoms with Crippen LogP contribution in [0.5, 0.6) is 0 Å². The van der Waals surface area contributed by atoms with Gasteiger partial charge in [0.25, 0.3) is 0 Å². The number of amides is 1. The highest BCUT2D eigenvalue weighted by atomic mass is 16.1. The highest BCUT2D eigenvalue weighted by Gasteiger charge is 2.07. The number of aromatic nitrogens is 3. The fraction of sp³-hybridized carbons (Fsp3) is 0. The molecule has 0 spiro atoms. The highest BCUT2D eigenvalue weighted by Crippen LogP contribution is 2.21. The summed E-state index contributed by atoms with van der Waals surface area (Å²) in [4.78, 5) is 16.3. The lowest BCUT2D eigenvalue weighted by molar-refractivity contribution is -0.111. The summed E-state index contributed by atoms with van der Waals surface area (Å²) in [7, 11) is 0. The molecular formula is C21H16N4O. The first-order chi connectivity index (χ1) is 12.8. The van der Waals surface area contributed by atoms with E-state index in [9.17, 15) is 4.79 Å². The van der Waals surface area contributed by atoms with Crippen LogP contribution >= 0.6 is 0 Å². The van der Waals surface area contributed by atoms with Gasteiger partial charge in [-0.1, -0.05) is 54.6 Å². The van der Waals surface area contributed by atoms with Crippen molar-refractivity contribution < 1.29 is 4.79 Å². The van der Waals surface area contributed by atoms with Crippen LogP contribution in [0.25, 0.3) is 22.5 Å². The first-order valence-electron chi connectivity index (χ1n) is 8.22. The highest BCUT2D eigenvalue weighted by molar-refractivity contribution is 6.04. The minimum absolute atomic E-state index is 0.203. The first kappa shape index (κ1) is 15.8. The Hall–Kier alpha value is -3.73. The van der Waals surface area contributed by atoms with Crippen molar-refractivity contribution in [2.75, 3.05) is 5.32 Å². The Morgan fingerprint density at radius 3 is 2.65 bits per heavy atom. The monoisotopic (exact) mass is 340 g/mol. The number of para-hydroxylation sites is 2. The van der Waals surface area contributed by atoms with Crippen LogP contribution in [0.4, 0.5) is 5.69 Å². The van der Waals surface area contributed by atoms with Crippen LogP contribution < -0.4 is 5.32 Å². The zero-order chi connectivity index (χ0) is 17.8. The van der Waals surface area contributed by atoms with Gasteiger partial charge < -0.3 is 5.32 Å². The zero-order valence-electron chi connectivity index (χ0n) is 13.9. The lowest BCUT2D eigenvalue weighted by Gasteiger charge is -2.09. The molecule has 1 heterocycles. The minimum atomic E-state index is -0.203. The van der Waals surface area contributed by atoms with Gasteiger partial charge in [-0.3, -0.25) is 4.79 Å². The van der Waals surface area contributed by atoms with Crippen LogP contribution in [0.1, 0.15) is 5.56 Å². The number of carbonyl (C=O) groups is 1. The standard InChI is InChI=1S/C21H16N4O/c26-21(13-12-17-8-5-7-16-6-1-2-9-18(16)17)24-19-10-3-4-11-20(19)25-15-22-14-23-25/h1-15H,(H,24,26)/b13-12+.